The molecule has 0 aliphatic carbocycles. The predicted octanol–water partition coefficient (Wildman–Crippen LogP) is 1.55. The largest absolute Gasteiger partial charge is 0.476 e. The Kier molecular flexibility index (Phi) is 2.13. The van der Waals surface area contributed by atoms with Gasteiger partial charge >= 0.3 is 5.97 Å². The number of nitrogens with zero attached hydrogens (tertiary/aromatic N) is 1. The number of ether oxygens (including phenoxy) is 1. The molecule has 0 unspecified atom stereocenters. The van der Waals surface area contributed by atoms with Crippen LogP contribution in [0.25, 0.3) is 0 Å². The Morgan fingerprint density at radius 1 is 1.41 bits per heavy atom. The summed E-state index contributed by atoms with van der Waals surface area (Å²) in [6.07, 6.45) is -0.477. The summed E-state index contributed by atoms with van der Waals surface area (Å²) < 4.78 is 5.69. The van der Waals surface area contributed by atoms with Crippen LogP contribution in [0.3, 0.4) is 0 Å². The van der Waals surface area contributed by atoms with Crippen LogP contribution in [0.1, 0.15) is 34.6 Å². The van der Waals surface area contributed by atoms with E-state index in [1.165, 1.54) is 4.90 Å². The number of rotatable bonds is 1. The molecule has 1 fully saturated rings. The van der Waals surface area contributed by atoms with Gasteiger partial charge in [-0.15, -0.1) is 0 Å². The third-order valence-corrected chi connectivity index (χ3v) is 3.19. The molecule has 5 nitrogen and oxygen atoms in total. The Morgan fingerprint density at radius 3 is 2.35 bits per heavy atom. The molecular weight excluding hydrogens is 222 g/mol. The van der Waals surface area contributed by atoms with E-state index in [2.05, 4.69) is 0 Å². The Labute approximate surface area is 100 Å². The summed E-state index contributed by atoms with van der Waals surface area (Å²) >= 11 is 0. The number of hydrogen-bond acceptors (Lipinski definition) is 3. The number of β-lactam (4-membered cyclic amide) rings is 1. The fourth-order valence-corrected chi connectivity index (χ4v) is 2.21. The normalized spacial score (nSPS) is 26.5. The van der Waals surface area contributed by atoms with E-state index in [1.807, 2.05) is 20.8 Å². The Balaban J connectivity index is 2.48. The van der Waals surface area contributed by atoms with Crippen molar-refractivity contribution in [2.75, 3.05) is 0 Å². The quantitative estimate of drug-likeness (QED) is 0.705. The predicted molar refractivity (Wildman–Crippen MR) is 59.6 cm³/mol. The second-order valence-electron chi connectivity index (χ2n) is 6.10. The van der Waals surface area contributed by atoms with Gasteiger partial charge in [0, 0.05) is 5.41 Å². The first kappa shape index (κ1) is 12.0. The van der Waals surface area contributed by atoms with Gasteiger partial charge < -0.3 is 9.84 Å². The molecule has 0 saturated carbocycles. The van der Waals surface area contributed by atoms with Gasteiger partial charge in [0.2, 0.25) is 5.91 Å². The lowest BCUT2D eigenvalue weighted by atomic mass is 9.80. The number of fused-ring (bicyclic) bond motifs is 1. The molecule has 0 radical (unpaired) electrons. The van der Waals surface area contributed by atoms with Crippen molar-refractivity contribution in [3.05, 3.63) is 11.5 Å². The van der Waals surface area contributed by atoms with E-state index in [0.29, 0.717) is 5.76 Å². The van der Waals surface area contributed by atoms with Crippen molar-refractivity contribution >= 4 is 11.9 Å². The summed E-state index contributed by atoms with van der Waals surface area (Å²) in [5.41, 5.74) is -1.08. The fourth-order valence-electron chi connectivity index (χ4n) is 2.21. The van der Waals surface area contributed by atoms with Gasteiger partial charge in [-0.3, -0.25) is 9.69 Å². The minimum atomic E-state index is -1.11. The van der Waals surface area contributed by atoms with E-state index in [1.54, 1.807) is 13.8 Å². The van der Waals surface area contributed by atoms with Crippen LogP contribution >= 0.6 is 0 Å². The lowest BCUT2D eigenvalue weighted by Gasteiger charge is -2.47. The highest BCUT2D eigenvalue weighted by Gasteiger charge is 2.63. The monoisotopic (exact) mass is 239 g/mol. The first-order valence-corrected chi connectivity index (χ1v) is 5.57. The number of carbonyl (C=O) groups is 2. The summed E-state index contributed by atoms with van der Waals surface area (Å²) in [4.78, 5) is 24.4. The van der Waals surface area contributed by atoms with Crippen molar-refractivity contribution in [3.8, 4) is 0 Å². The molecule has 17 heavy (non-hydrogen) atoms. The number of amides is 1. The highest BCUT2D eigenvalue weighted by molar-refractivity contribution is 6.00. The molecule has 1 atom stereocenters. The number of carboxylic acids is 1. The fraction of sp³-hybridized carbons (Fsp3) is 0.667. The SMILES string of the molecule is CC(C)(C)C1=C(C(=O)O)N2C(=O)C(C)(C)[C@H]2O1. The maximum absolute atomic E-state index is 11.9. The van der Waals surface area contributed by atoms with Crippen LogP contribution in [-0.4, -0.2) is 28.1 Å². The number of carboxylic acid groups (broad SMARTS) is 1. The van der Waals surface area contributed by atoms with E-state index in [0.717, 1.165) is 0 Å². The van der Waals surface area contributed by atoms with Crippen molar-refractivity contribution < 1.29 is 19.4 Å². The number of aliphatic carboxylic acids is 1. The molecule has 2 rings (SSSR count). The Bertz CT molecular complexity index is 442. The molecule has 2 aliphatic rings. The number of carbonyl (C=O) groups excluding carboxylic acids is 1. The van der Waals surface area contributed by atoms with Crippen molar-refractivity contribution in [1.29, 1.82) is 0 Å². The standard InChI is InChI=1S/C12H17NO4/c1-11(2,3)7-6(8(14)15)13-9(16)12(4,5)10(13)17-7/h10H,1-5H3,(H,14,15)/t10-/m1/s1. The van der Waals surface area contributed by atoms with Crippen LogP contribution in [0.15, 0.2) is 11.5 Å². The molecule has 2 aliphatic heterocycles. The molecule has 1 amide bonds. The van der Waals surface area contributed by atoms with Crippen molar-refractivity contribution in [1.82, 2.24) is 4.90 Å². The molecule has 0 aromatic carbocycles. The number of hydrogen-bond donors (Lipinski definition) is 1. The lowest BCUT2D eigenvalue weighted by molar-refractivity contribution is -0.189. The zero-order chi connectivity index (χ0) is 13.2. The summed E-state index contributed by atoms with van der Waals surface area (Å²) in [7, 11) is 0. The molecule has 1 N–H and O–H groups in total. The van der Waals surface area contributed by atoms with Gasteiger partial charge in [0.25, 0.3) is 0 Å². The van der Waals surface area contributed by atoms with Crippen molar-refractivity contribution in [2.45, 2.75) is 40.8 Å². The smallest absolute Gasteiger partial charge is 0.356 e. The van der Waals surface area contributed by atoms with Gasteiger partial charge in [0.05, 0.1) is 0 Å². The minimum absolute atomic E-state index is 0.00757. The van der Waals surface area contributed by atoms with E-state index in [-0.39, 0.29) is 11.6 Å². The molecular formula is C12H17NO4. The van der Waals surface area contributed by atoms with E-state index in [4.69, 9.17) is 4.74 Å². The van der Waals surface area contributed by atoms with Crippen LogP contribution in [0.2, 0.25) is 0 Å². The summed E-state index contributed by atoms with van der Waals surface area (Å²) in [5, 5.41) is 9.23. The van der Waals surface area contributed by atoms with Gasteiger partial charge in [0.1, 0.15) is 11.2 Å². The van der Waals surface area contributed by atoms with Crippen molar-refractivity contribution in [3.63, 3.8) is 0 Å². The average Bonchev–Trinajstić information content (AvgIpc) is 2.54. The molecule has 1 saturated heterocycles. The van der Waals surface area contributed by atoms with Crippen LogP contribution < -0.4 is 0 Å². The highest BCUT2D eigenvalue weighted by atomic mass is 16.5. The third-order valence-electron chi connectivity index (χ3n) is 3.19. The first-order chi connectivity index (χ1) is 7.58. The van der Waals surface area contributed by atoms with E-state index in [9.17, 15) is 14.7 Å². The minimum Gasteiger partial charge on any atom is -0.476 e. The summed E-state index contributed by atoms with van der Waals surface area (Å²) in [6, 6.07) is 0. The highest BCUT2D eigenvalue weighted by Crippen LogP contribution is 2.51. The molecule has 2 heterocycles. The molecule has 5 heteroatoms. The van der Waals surface area contributed by atoms with Crippen LogP contribution in [0.4, 0.5) is 0 Å². The second-order valence-corrected chi connectivity index (χ2v) is 6.10. The zero-order valence-electron chi connectivity index (χ0n) is 10.7. The van der Waals surface area contributed by atoms with Crippen LogP contribution in [-0.2, 0) is 14.3 Å². The number of allylic oxidation sites excluding steroid dienone is 1. The summed E-state index contributed by atoms with van der Waals surface area (Å²) in [6.45, 7) is 9.14. The van der Waals surface area contributed by atoms with Crippen LogP contribution in [0, 0.1) is 10.8 Å². The molecule has 94 valence electrons. The zero-order valence-corrected chi connectivity index (χ0v) is 10.7. The van der Waals surface area contributed by atoms with Gasteiger partial charge in [0.15, 0.2) is 11.9 Å². The Morgan fingerprint density at radius 2 is 1.94 bits per heavy atom. The lowest BCUT2D eigenvalue weighted by Crippen LogP contribution is -2.64. The summed E-state index contributed by atoms with van der Waals surface area (Å²) in [5.74, 6) is -0.922. The molecule has 0 spiro atoms. The molecule has 0 aromatic rings. The van der Waals surface area contributed by atoms with Gasteiger partial charge in [-0.25, -0.2) is 4.79 Å². The topological polar surface area (TPSA) is 66.8 Å². The van der Waals surface area contributed by atoms with Gasteiger partial charge in [-0.05, 0) is 13.8 Å². The van der Waals surface area contributed by atoms with E-state index >= 15 is 0 Å². The third kappa shape index (κ3) is 1.38. The van der Waals surface area contributed by atoms with E-state index < -0.39 is 23.0 Å². The van der Waals surface area contributed by atoms with Gasteiger partial charge in [-0.1, -0.05) is 20.8 Å². The maximum Gasteiger partial charge on any atom is 0.356 e. The van der Waals surface area contributed by atoms with Crippen LogP contribution in [0.5, 0.6) is 0 Å². The maximum atomic E-state index is 11.9. The average molecular weight is 239 g/mol. The Hall–Kier alpha value is -1.52. The second kappa shape index (κ2) is 3.03. The van der Waals surface area contributed by atoms with Gasteiger partial charge in [-0.2, -0.15) is 0 Å². The molecule has 0 aromatic heterocycles. The first-order valence-electron chi connectivity index (χ1n) is 5.57. The van der Waals surface area contributed by atoms with Crippen molar-refractivity contribution in [2.24, 2.45) is 10.8 Å². The molecule has 0 bridgehead atoms.